The molecule has 0 saturated carbocycles. The zero-order valence-corrected chi connectivity index (χ0v) is 14.3. The minimum atomic E-state index is -0.958. The summed E-state index contributed by atoms with van der Waals surface area (Å²) in [4.78, 5) is 24.6. The van der Waals surface area contributed by atoms with Crippen LogP contribution < -0.4 is 0 Å². The second-order valence-corrected chi connectivity index (χ2v) is 6.07. The normalized spacial score (nSPS) is 11.0. The zero-order chi connectivity index (χ0) is 18.3. The predicted octanol–water partition coefficient (Wildman–Crippen LogP) is 3.80. The zero-order valence-electron chi connectivity index (χ0n) is 14.3. The van der Waals surface area contributed by atoms with E-state index in [1.54, 1.807) is 12.3 Å². The van der Waals surface area contributed by atoms with Crippen molar-refractivity contribution in [1.82, 2.24) is 19.5 Å². The van der Waals surface area contributed by atoms with Crippen LogP contribution in [0.4, 0.5) is 0 Å². The van der Waals surface area contributed by atoms with Crippen molar-refractivity contribution in [2.75, 3.05) is 0 Å². The van der Waals surface area contributed by atoms with Gasteiger partial charge in [0.2, 0.25) is 0 Å². The van der Waals surface area contributed by atoms with Crippen molar-refractivity contribution in [3.8, 4) is 16.8 Å². The summed E-state index contributed by atoms with van der Waals surface area (Å²) in [5, 5.41) is 9.69. The molecule has 0 fully saturated rings. The molecule has 4 aromatic rings. The standard InChI is InChI=1S/C20H16N4O2/c1-12-16(20(25)26)8-15(14-6-4-3-5-7-14)9-17(12)24-13(2)23-19-18(24)10-21-11-22-19/h3-11H,1-2H3,(H,25,26). The van der Waals surface area contributed by atoms with Gasteiger partial charge >= 0.3 is 5.97 Å². The quantitative estimate of drug-likeness (QED) is 0.611. The molecule has 0 unspecified atom stereocenters. The van der Waals surface area contributed by atoms with Crippen LogP contribution >= 0.6 is 0 Å². The molecule has 0 spiro atoms. The lowest BCUT2D eigenvalue weighted by Crippen LogP contribution is -2.07. The van der Waals surface area contributed by atoms with Crippen molar-refractivity contribution in [3.63, 3.8) is 0 Å². The van der Waals surface area contributed by atoms with E-state index in [4.69, 9.17) is 0 Å². The van der Waals surface area contributed by atoms with E-state index in [2.05, 4.69) is 15.0 Å². The third-order valence-electron chi connectivity index (χ3n) is 4.46. The number of hydrogen-bond donors (Lipinski definition) is 1. The van der Waals surface area contributed by atoms with Crippen molar-refractivity contribution < 1.29 is 9.90 Å². The number of aromatic carboxylic acids is 1. The highest BCUT2D eigenvalue weighted by Crippen LogP contribution is 2.30. The smallest absolute Gasteiger partial charge is 0.336 e. The Bertz CT molecular complexity index is 1130. The fourth-order valence-electron chi connectivity index (χ4n) is 3.19. The second-order valence-electron chi connectivity index (χ2n) is 6.07. The molecule has 4 rings (SSSR count). The van der Waals surface area contributed by atoms with Crippen LogP contribution in [-0.2, 0) is 0 Å². The number of aromatic nitrogens is 4. The Morgan fingerprint density at radius 3 is 2.58 bits per heavy atom. The fraction of sp³-hybridized carbons (Fsp3) is 0.100. The summed E-state index contributed by atoms with van der Waals surface area (Å²) in [6.45, 7) is 3.68. The van der Waals surface area contributed by atoms with Gasteiger partial charge < -0.3 is 5.11 Å². The lowest BCUT2D eigenvalue weighted by Gasteiger charge is -2.15. The first-order chi connectivity index (χ1) is 12.6. The molecule has 0 atom stereocenters. The molecule has 26 heavy (non-hydrogen) atoms. The molecule has 0 bridgehead atoms. The van der Waals surface area contributed by atoms with Crippen molar-refractivity contribution in [1.29, 1.82) is 0 Å². The first kappa shape index (κ1) is 16.0. The third kappa shape index (κ3) is 2.52. The highest BCUT2D eigenvalue weighted by atomic mass is 16.4. The Labute approximate surface area is 149 Å². The number of rotatable bonds is 3. The first-order valence-electron chi connectivity index (χ1n) is 8.15. The van der Waals surface area contributed by atoms with Crippen LogP contribution in [0.15, 0.2) is 55.0 Å². The van der Waals surface area contributed by atoms with Gasteiger partial charge in [-0.1, -0.05) is 30.3 Å². The maximum atomic E-state index is 11.8. The third-order valence-corrected chi connectivity index (χ3v) is 4.46. The minimum Gasteiger partial charge on any atom is -0.478 e. The number of nitrogens with zero attached hydrogens (tertiary/aromatic N) is 4. The van der Waals surface area contributed by atoms with Gasteiger partial charge in [0.25, 0.3) is 0 Å². The average Bonchev–Trinajstić information content (AvgIpc) is 2.98. The van der Waals surface area contributed by atoms with E-state index in [0.29, 0.717) is 11.2 Å². The lowest BCUT2D eigenvalue weighted by atomic mass is 9.97. The lowest BCUT2D eigenvalue weighted by molar-refractivity contribution is 0.0696. The van der Waals surface area contributed by atoms with Crippen molar-refractivity contribution in [3.05, 3.63) is 71.9 Å². The van der Waals surface area contributed by atoms with E-state index in [-0.39, 0.29) is 5.56 Å². The molecule has 0 saturated heterocycles. The Balaban J connectivity index is 2.06. The summed E-state index contributed by atoms with van der Waals surface area (Å²) in [6.07, 6.45) is 3.15. The van der Waals surface area contributed by atoms with Gasteiger partial charge in [0, 0.05) is 0 Å². The molecular formula is C20H16N4O2. The van der Waals surface area contributed by atoms with Crippen LogP contribution in [0.25, 0.3) is 28.0 Å². The van der Waals surface area contributed by atoms with Gasteiger partial charge in [-0.15, -0.1) is 0 Å². The molecule has 0 aliphatic heterocycles. The molecule has 0 radical (unpaired) electrons. The van der Waals surface area contributed by atoms with E-state index < -0.39 is 5.97 Å². The number of benzene rings is 2. The van der Waals surface area contributed by atoms with Gasteiger partial charge in [-0.25, -0.2) is 19.7 Å². The number of aryl methyl sites for hydroxylation is 1. The molecule has 0 aliphatic carbocycles. The summed E-state index contributed by atoms with van der Waals surface area (Å²) < 4.78 is 1.91. The second kappa shape index (κ2) is 6.07. The summed E-state index contributed by atoms with van der Waals surface area (Å²) in [6, 6.07) is 13.4. The maximum Gasteiger partial charge on any atom is 0.336 e. The van der Waals surface area contributed by atoms with E-state index >= 15 is 0 Å². The van der Waals surface area contributed by atoms with Gasteiger partial charge in [0.15, 0.2) is 5.65 Å². The molecule has 2 aromatic heterocycles. The van der Waals surface area contributed by atoms with E-state index in [9.17, 15) is 9.90 Å². The molecule has 6 heteroatoms. The van der Waals surface area contributed by atoms with Crippen molar-refractivity contribution in [2.45, 2.75) is 13.8 Å². The van der Waals surface area contributed by atoms with Gasteiger partial charge in [0.05, 0.1) is 17.4 Å². The summed E-state index contributed by atoms with van der Waals surface area (Å²) in [5.41, 5.74) is 4.81. The Hall–Kier alpha value is -3.54. The van der Waals surface area contributed by atoms with Gasteiger partial charge in [-0.2, -0.15) is 0 Å². The monoisotopic (exact) mass is 344 g/mol. The Morgan fingerprint density at radius 1 is 1.08 bits per heavy atom. The molecule has 1 N–H and O–H groups in total. The highest BCUT2D eigenvalue weighted by molar-refractivity contribution is 5.93. The van der Waals surface area contributed by atoms with Crippen LogP contribution in [0, 0.1) is 13.8 Å². The number of hydrogen-bond acceptors (Lipinski definition) is 4. The highest BCUT2D eigenvalue weighted by Gasteiger charge is 2.18. The van der Waals surface area contributed by atoms with Crippen LogP contribution in [-0.4, -0.2) is 30.6 Å². The largest absolute Gasteiger partial charge is 0.478 e. The molecule has 2 heterocycles. The number of carboxylic acid groups (broad SMARTS) is 1. The van der Waals surface area contributed by atoms with Crippen LogP contribution in [0.5, 0.6) is 0 Å². The summed E-state index contributed by atoms with van der Waals surface area (Å²) in [7, 11) is 0. The SMILES string of the molecule is Cc1c(C(=O)O)cc(-c2ccccc2)cc1-n1c(C)nc2ncncc21. The van der Waals surface area contributed by atoms with E-state index in [1.807, 2.05) is 54.8 Å². The van der Waals surface area contributed by atoms with E-state index in [0.717, 1.165) is 28.2 Å². The molecule has 0 aliphatic rings. The number of imidazole rings is 1. The van der Waals surface area contributed by atoms with Gasteiger partial charge in [-0.3, -0.25) is 4.57 Å². The van der Waals surface area contributed by atoms with Crippen molar-refractivity contribution in [2.24, 2.45) is 0 Å². The van der Waals surface area contributed by atoms with Crippen molar-refractivity contribution >= 4 is 17.1 Å². The predicted molar refractivity (Wildman–Crippen MR) is 98.5 cm³/mol. The number of fused-ring (bicyclic) bond motifs is 1. The van der Waals surface area contributed by atoms with Gasteiger partial charge in [0.1, 0.15) is 17.7 Å². The maximum absolute atomic E-state index is 11.8. The Morgan fingerprint density at radius 2 is 1.85 bits per heavy atom. The van der Waals surface area contributed by atoms with Crippen LogP contribution in [0.1, 0.15) is 21.7 Å². The molecule has 2 aromatic carbocycles. The number of carboxylic acids is 1. The number of carbonyl (C=O) groups is 1. The van der Waals surface area contributed by atoms with Gasteiger partial charge in [-0.05, 0) is 42.7 Å². The topological polar surface area (TPSA) is 80.9 Å². The molecule has 0 amide bonds. The average molecular weight is 344 g/mol. The Kier molecular flexibility index (Phi) is 3.73. The van der Waals surface area contributed by atoms with Crippen LogP contribution in [0.2, 0.25) is 0 Å². The molecule has 128 valence electrons. The first-order valence-corrected chi connectivity index (χ1v) is 8.15. The summed E-state index contributed by atoms with van der Waals surface area (Å²) in [5.74, 6) is -0.231. The van der Waals surface area contributed by atoms with Crippen LogP contribution in [0.3, 0.4) is 0 Å². The fourth-order valence-corrected chi connectivity index (χ4v) is 3.19. The molecule has 6 nitrogen and oxygen atoms in total. The molecular weight excluding hydrogens is 328 g/mol. The summed E-state index contributed by atoms with van der Waals surface area (Å²) >= 11 is 0. The minimum absolute atomic E-state index is 0.263. The van der Waals surface area contributed by atoms with E-state index in [1.165, 1.54) is 6.33 Å².